The maximum absolute atomic E-state index is 11.9. The molecule has 9 heteroatoms. The summed E-state index contributed by atoms with van der Waals surface area (Å²) in [6, 6.07) is 4.21. The highest BCUT2D eigenvalue weighted by atomic mass is 16.2. The van der Waals surface area contributed by atoms with E-state index in [1.807, 2.05) is 13.8 Å². The second-order valence-electron chi connectivity index (χ2n) is 7.88. The van der Waals surface area contributed by atoms with Crippen molar-refractivity contribution in [2.45, 2.75) is 38.8 Å². The van der Waals surface area contributed by atoms with Gasteiger partial charge in [0.15, 0.2) is 5.82 Å². The molecule has 0 aliphatic carbocycles. The van der Waals surface area contributed by atoms with Gasteiger partial charge in [-0.05, 0) is 32.8 Å². The summed E-state index contributed by atoms with van der Waals surface area (Å²) in [7, 11) is 3.56. The van der Waals surface area contributed by atoms with Crippen molar-refractivity contribution in [1.29, 1.82) is 5.26 Å². The fourth-order valence-electron chi connectivity index (χ4n) is 3.29. The minimum atomic E-state index is 0.128. The van der Waals surface area contributed by atoms with Gasteiger partial charge in [0.25, 0.3) is 0 Å². The third-order valence-electron chi connectivity index (χ3n) is 4.88. The van der Waals surface area contributed by atoms with E-state index in [0.717, 1.165) is 31.3 Å². The van der Waals surface area contributed by atoms with Gasteiger partial charge >= 0.3 is 0 Å². The van der Waals surface area contributed by atoms with Gasteiger partial charge in [0.1, 0.15) is 17.3 Å². The van der Waals surface area contributed by atoms with E-state index in [2.05, 4.69) is 36.6 Å². The Morgan fingerprint density at radius 1 is 1.34 bits per heavy atom. The molecule has 1 fully saturated rings. The normalized spacial score (nSPS) is 15.3. The number of piperidine rings is 1. The van der Waals surface area contributed by atoms with Gasteiger partial charge in [-0.25, -0.2) is 15.0 Å². The molecule has 2 N–H and O–H groups in total. The third kappa shape index (κ3) is 5.29. The zero-order valence-electron chi connectivity index (χ0n) is 17.4. The van der Waals surface area contributed by atoms with Crippen molar-refractivity contribution in [2.75, 3.05) is 44.4 Å². The molecule has 0 bridgehead atoms. The summed E-state index contributed by atoms with van der Waals surface area (Å²) < 4.78 is 0. The van der Waals surface area contributed by atoms with Crippen LogP contribution in [0.5, 0.6) is 0 Å². The van der Waals surface area contributed by atoms with Crippen molar-refractivity contribution in [2.24, 2.45) is 0 Å². The standard InChI is InChI=1S/C20H28N8O/c1-13(2)23-19-18-14(9-16(10-21)24-19)11-22-20(26-18)25-15-5-7-28(8-6-15)12-17(29)27(3)4/h9,11,13,15H,5-8,12H2,1-4H3,(H,23,24)(H,22,25,26). The summed E-state index contributed by atoms with van der Waals surface area (Å²) in [6.45, 7) is 6.21. The molecule has 9 nitrogen and oxygen atoms in total. The molecular formula is C20H28N8O. The van der Waals surface area contributed by atoms with E-state index in [-0.39, 0.29) is 18.0 Å². The van der Waals surface area contributed by atoms with Gasteiger partial charge in [-0.2, -0.15) is 5.26 Å². The number of hydrogen-bond donors (Lipinski definition) is 2. The highest BCUT2D eigenvalue weighted by molar-refractivity contribution is 5.89. The van der Waals surface area contributed by atoms with Gasteiger partial charge < -0.3 is 15.5 Å². The number of carbonyl (C=O) groups is 1. The topological polar surface area (TPSA) is 110 Å². The summed E-state index contributed by atoms with van der Waals surface area (Å²) in [5, 5.41) is 16.7. The molecule has 1 aliphatic heterocycles. The summed E-state index contributed by atoms with van der Waals surface area (Å²) in [5.41, 5.74) is 1.04. The number of anilines is 2. The van der Waals surface area contributed by atoms with Crippen LogP contribution in [0.1, 0.15) is 32.4 Å². The van der Waals surface area contributed by atoms with Crippen molar-refractivity contribution in [3.05, 3.63) is 18.0 Å². The molecule has 2 aromatic heterocycles. The lowest BCUT2D eigenvalue weighted by atomic mass is 10.1. The van der Waals surface area contributed by atoms with Crippen molar-refractivity contribution in [3.8, 4) is 6.07 Å². The molecule has 3 rings (SSSR count). The number of likely N-dealkylation sites (tertiary alicyclic amines) is 1. The lowest BCUT2D eigenvalue weighted by molar-refractivity contribution is -0.130. The zero-order chi connectivity index (χ0) is 21.0. The van der Waals surface area contributed by atoms with Gasteiger partial charge in [0, 0.05) is 50.9 Å². The number of hydrogen-bond acceptors (Lipinski definition) is 8. The van der Waals surface area contributed by atoms with Crippen LogP contribution >= 0.6 is 0 Å². The third-order valence-corrected chi connectivity index (χ3v) is 4.88. The van der Waals surface area contributed by atoms with Crippen LogP contribution in [-0.2, 0) is 4.79 Å². The van der Waals surface area contributed by atoms with Crippen LogP contribution in [0.25, 0.3) is 10.9 Å². The summed E-state index contributed by atoms with van der Waals surface area (Å²) in [5.74, 6) is 1.28. The monoisotopic (exact) mass is 396 g/mol. The van der Waals surface area contributed by atoms with E-state index in [9.17, 15) is 10.1 Å². The average molecular weight is 396 g/mol. The van der Waals surface area contributed by atoms with Crippen LogP contribution < -0.4 is 10.6 Å². The number of fused-ring (bicyclic) bond motifs is 1. The zero-order valence-corrected chi connectivity index (χ0v) is 17.4. The molecule has 0 atom stereocenters. The van der Waals surface area contributed by atoms with Gasteiger partial charge in [0.05, 0.1) is 6.54 Å². The van der Waals surface area contributed by atoms with E-state index in [1.165, 1.54) is 0 Å². The Morgan fingerprint density at radius 2 is 2.07 bits per heavy atom. The number of pyridine rings is 1. The maximum atomic E-state index is 11.9. The Kier molecular flexibility index (Phi) is 6.44. The van der Waals surface area contributed by atoms with Crippen molar-refractivity contribution >= 4 is 28.6 Å². The Morgan fingerprint density at radius 3 is 2.69 bits per heavy atom. The lowest BCUT2D eigenvalue weighted by Crippen LogP contribution is -2.44. The van der Waals surface area contributed by atoms with E-state index < -0.39 is 0 Å². The first-order valence-corrected chi connectivity index (χ1v) is 9.89. The minimum Gasteiger partial charge on any atom is -0.366 e. The predicted octanol–water partition coefficient (Wildman–Crippen LogP) is 1.68. The molecular weight excluding hydrogens is 368 g/mol. The van der Waals surface area contributed by atoms with E-state index >= 15 is 0 Å². The second-order valence-corrected chi connectivity index (χ2v) is 7.88. The van der Waals surface area contributed by atoms with E-state index in [4.69, 9.17) is 0 Å². The van der Waals surface area contributed by atoms with Crippen LogP contribution in [0.4, 0.5) is 11.8 Å². The fourth-order valence-corrected chi connectivity index (χ4v) is 3.29. The average Bonchev–Trinajstić information content (AvgIpc) is 2.69. The van der Waals surface area contributed by atoms with Crippen LogP contribution in [0, 0.1) is 11.3 Å². The van der Waals surface area contributed by atoms with Gasteiger partial charge in [-0.1, -0.05) is 0 Å². The summed E-state index contributed by atoms with van der Waals surface area (Å²) in [6.07, 6.45) is 3.57. The number of likely N-dealkylation sites (N-methyl/N-ethyl adjacent to an activating group) is 1. The van der Waals surface area contributed by atoms with Gasteiger partial charge in [-0.3, -0.25) is 9.69 Å². The number of rotatable bonds is 6. The fraction of sp³-hybridized carbons (Fsp3) is 0.550. The Labute approximate surface area is 171 Å². The number of carbonyl (C=O) groups excluding carboxylic acids is 1. The SMILES string of the molecule is CC(C)Nc1nc(C#N)cc2cnc(NC3CCN(CC(=O)N(C)C)CC3)nc12. The number of nitrogens with one attached hydrogen (secondary N) is 2. The van der Waals surface area contributed by atoms with E-state index in [0.29, 0.717) is 29.5 Å². The van der Waals surface area contributed by atoms with Crippen LogP contribution in [0.3, 0.4) is 0 Å². The van der Waals surface area contributed by atoms with Crippen molar-refractivity contribution in [3.63, 3.8) is 0 Å². The van der Waals surface area contributed by atoms with Crippen molar-refractivity contribution in [1.82, 2.24) is 24.8 Å². The maximum Gasteiger partial charge on any atom is 0.236 e. The van der Waals surface area contributed by atoms with Gasteiger partial charge in [-0.15, -0.1) is 0 Å². The summed E-state index contributed by atoms with van der Waals surface area (Å²) in [4.78, 5) is 29.1. The molecule has 29 heavy (non-hydrogen) atoms. The van der Waals surface area contributed by atoms with Gasteiger partial charge in [0.2, 0.25) is 11.9 Å². The quantitative estimate of drug-likeness (QED) is 0.759. The Hall–Kier alpha value is -2.99. The lowest BCUT2D eigenvalue weighted by Gasteiger charge is -2.32. The molecule has 0 saturated carbocycles. The first-order valence-electron chi connectivity index (χ1n) is 9.89. The van der Waals surface area contributed by atoms with Crippen LogP contribution in [-0.4, -0.2) is 76.5 Å². The number of nitrogens with zero attached hydrogens (tertiary/aromatic N) is 6. The van der Waals surface area contributed by atoms with E-state index in [1.54, 1.807) is 31.3 Å². The van der Waals surface area contributed by atoms with Crippen LogP contribution in [0.2, 0.25) is 0 Å². The molecule has 1 amide bonds. The molecule has 2 aromatic rings. The molecule has 0 aromatic carbocycles. The smallest absolute Gasteiger partial charge is 0.236 e. The highest BCUT2D eigenvalue weighted by Gasteiger charge is 2.22. The summed E-state index contributed by atoms with van der Waals surface area (Å²) >= 11 is 0. The highest BCUT2D eigenvalue weighted by Crippen LogP contribution is 2.23. The van der Waals surface area contributed by atoms with Crippen LogP contribution in [0.15, 0.2) is 12.3 Å². The molecule has 154 valence electrons. The first kappa shape index (κ1) is 20.7. The largest absolute Gasteiger partial charge is 0.366 e. The van der Waals surface area contributed by atoms with Crippen molar-refractivity contribution < 1.29 is 4.79 Å². The Bertz CT molecular complexity index is 913. The predicted molar refractivity (Wildman–Crippen MR) is 113 cm³/mol. The second kappa shape index (κ2) is 9.01. The Balaban J connectivity index is 1.70. The number of aromatic nitrogens is 3. The minimum absolute atomic E-state index is 0.128. The molecule has 0 unspecified atom stereocenters. The number of nitriles is 1. The first-order chi connectivity index (χ1) is 13.9. The molecule has 3 heterocycles. The molecule has 1 saturated heterocycles. The molecule has 0 radical (unpaired) electrons. The molecule has 0 spiro atoms. The molecule has 1 aliphatic rings. The number of amides is 1.